The molecule has 1 N–H and O–H groups in total. The Labute approximate surface area is 159 Å². The molecule has 27 heavy (non-hydrogen) atoms. The zero-order valence-corrected chi connectivity index (χ0v) is 15.3. The van der Waals surface area contributed by atoms with E-state index < -0.39 is 5.97 Å². The van der Waals surface area contributed by atoms with E-state index in [0.29, 0.717) is 17.2 Å². The molecular formula is C22H24N2O3. The lowest BCUT2D eigenvalue weighted by Gasteiger charge is -2.41. The lowest BCUT2D eigenvalue weighted by molar-refractivity contribution is 0.0520. The van der Waals surface area contributed by atoms with Crippen molar-refractivity contribution in [2.24, 2.45) is 11.8 Å². The van der Waals surface area contributed by atoms with Crippen LogP contribution in [0.2, 0.25) is 0 Å². The number of benzene rings is 1. The third-order valence-corrected chi connectivity index (χ3v) is 5.99. The van der Waals surface area contributed by atoms with Crippen molar-refractivity contribution >= 4 is 11.9 Å². The average Bonchev–Trinajstić information content (AvgIpc) is 2.73. The molecule has 2 atom stereocenters. The topological polar surface area (TPSA) is 70.5 Å². The van der Waals surface area contributed by atoms with Gasteiger partial charge in [0.15, 0.2) is 0 Å². The van der Waals surface area contributed by atoms with Gasteiger partial charge in [0.2, 0.25) is 0 Å². The minimum Gasteiger partial charge on any atom is -0.478 e. The molecule has 1 aliphatic carbocycles. The number of carboxylic acid groups (broad SMARTS) is 1. The molecule has 2 aromatic rings. The monoisotopic (exact) mass is 364 g/mol. The molecule has 1 aliphatic heterocycles. The second-order valence-corrected chi connectivity index (χ2v) is 7.66. The third-order valence-electron chi connectivity index (χ3n) is 5.99. The number of carbonyl (C=O) groups excluding carboxylic acids is 1. The van der Waals surface area contributed by atoms with Crippen LogP contribution in [-0.4, -0.2) is 40.0 Å². The van der Waals surface area contributed by atoms with Crippen LogP contribution in [-0.2, 0) is 0 Å². The first-order valence-corrected chi connectivity index (χ1v) is 9.71. The fraction of sp³-hybridized carbons (Fsp3) is 0.409. The van der Waals surface area contributed by atoms with Gasteiger partial charge >= 0.3 is 5.97 Å². The minimum absolute atomic E-state index is 0.0861. The Morgan fingerprint density at radius 3 is 2.56 bits per heavy atom. The van der Waals surface area contributed by atoms with E-state index in [2.05, 4.69) is 4.98 Å². The Morgan fingerprint density at radius 1 is 1.00 bits per heavy atom. The predicted molar refractivity (Wildman–Crippen MR) is 103 cm³/mol. The number of aromatic nitrogens is 1. The van der Waals surface area contributed by atoms with Gasteiger partial charge in [0.05, 0.1) is 11.3 Å². The van der Waals surface area contributed by atoms with Gasteiger partial charge in [0, 0.05) is 30.4 Å². The Hall–Kier alpha value is -2.69. The van der Waals surface area contributed by atoms with Crippen molar-refractivity contribution < 1.29 is 14.7 Å². The number of carbonyl (C=O) groups is 2. The van der Waals surface area contributed by atoms with E-state index in [4.69, 9.17) is 5.11 Å². The summed E-state index contributed by atoms with van der Waals surface area (Å²) in [5.41, 5.74) is 2.32. The van der Waals surface area contributed by atoms with E-state index in [-0.39, 0.29) is 11.5 Å². The number of hydrogen-bond donors (Lipinski definition) is 1. The number of aromatic carboxylic acids is 1. The van der Waals surface area contributed by atoms with Gasteiger partial charge in [-0.2, -0.15) is 0 Å². The van der Waals surface area contributed by atoms with E-state index in [1.54, 1.807) is 6.07 Å². The van der Waals surface area contributed by atoms with Crippen LogP contribution >= 0.6 is 0 Å². The number of fused-ring (bicyclic) bond motifs is 1. The molecule has 1 aromatic carbocycles. The van der Waals surface area contributed by atoms with Gasteiger partial charge in [-0.1, -0.05) is 31.4 Å². The van der Waals surface area contributed by atoms with Crippen LogP contribution in [0.1, 0.15) is 52.8 Å². The van der Waals surface area contributed by atoms with Gasteiger partial charge in [-0.15, -0.1) is 0 Å². The van der Waals surface area contributed by atoms with E-state index in [1.807, 2.05) is 29.2 Å². The van der Waals surface area contributed by atoms with Crippen molar-refractivity contribution in [2.45, 2.75) is 32.1 Å². The fourth-order valence-corrected chi connectivity index (χ4v) is 4.47. The number of carboxylic acids is 1. The van der Waals surface area contributed by atoms with Crippen LogP contribution in [0.3, 0.4) is 0 Å². The first-order chi connectivity index (χ1) is 13.1. The summed E-state index contributed by atoms with van der Waals surface area (Å²) in [4.78, 5) is 30.2. The van der Waals surface area contributed by atoms with E-state index >= 15 is 0 Å². The summed E-state index contributed by atoms with van der Waals surface area (Å²) in [6.45, 7) is 1.72. The molecule has 0 bridgehead atoms. The van der Waals surface area contributed by atoms with Crippen LogP contribution in [0.15, 0.2) is 42.6 Å². The molecule has 0 radical (unpaired) electrons. The predicted octanol–water partition coefficient (Wildman–Crippen LogP) is 4.10. The number of amides is 1. The maximum atomic E-state index is 13.0. The van der Waals surface area contributed by atoms with Gasteiger partial charge in [-0.05, 0) is 48.9 Å². The Bertz CT molecular complexity index is 847. The molecule has 2 heterocycles. The summed E-state index contributed by atoms with van der Waals surface area (Å²) < 4.78 is 0. The lowest BCUT2D eigenvalue weighted by atomic mass is 9.75. The number of likely N-dealkylation sites (tertiary alicyclic amines) is 1. The fourth-order valence-electron chi connectivity index (χ4n) is 4.47. The third kappa shape index (κ3) is 3.72. The van der Waals surface area contributed by atoms with Crippen molar-refractivity contribution in [3.05, 3.63) is 53.7 Å². The van der Waals surface area contributed by atoms with E-state index in [0.717, 1.165) is 31.0 Å². The molecule has 0 spiro atoms. The molecule has 5 nitrogen and oxygen atoms in total. The van der Waals surface area contributed by atoms with Crippen LogP contribution < -0.4 is 0 Å². The summed E-state index contributed by atoms with van der Waals surface area (Å²) in [7, 11) is 0. The second kappa shape index (κ2) is 7.51. The summed E-state index contributed by atoms with van der Waals surface area (Å²) in [6.07, 6.45) is 7.66. The zero-order chi connectivity index (χ0) is 18.8. The molecular weight excluding hydrogens is 340 g/mol. The molecule has 2 fully saturated rings. The second-order valence-electron chi connectivity index (χ2n) is 7.66. The lowest BCUT2D eigenvalue weighted by Crippen LogP contribution is -2.44. The highest BCUT2D eigenvalue weighted by Gasteiger charge is 2.33. The van der Waals surface area contributed by atoms with Crippen LogP contribution in [0.25, 0.3) is 11.3 Å². The highest BCUT2D eigenvalue weighted by Crippen LogP contribution is 2.36. The minimum atomic E-state index is -0.996. The first kappa shape index (κ1) is 17.7. The molecule has 4 rings (SSSR count). The Balaban J connectivity index is 1.51. The maximum absolute atomic E-state index is 13.0. The molecule has 140 valence electrons. The first-order valence-electron chi connectivity index (χ1n) is 9.71. The van der Waals surface area contributed by atoms with Crippen LogP contribution in [0.5, 0.6) is 0 Å². The van der Waals surface area contributed by atoms with Crippen LogP contribution in [0.4, 0.5) is 0 Å². The van der Waals surface area contributed by atoms with Gasteiger partial charge in [-0.3, -0.25) is 9.78 Å². The molecule has 1 saturated carbocycles. The quantitative estimate of drug-likeness (QED) is 0.890. The zero-order valence-electron chi connectivity index (χ0n) is 15.3. The average molecular weight is 364 g/mol. The Morgan fingerprint density at radius 2 is 1.81 bits per heavy atom. The molecule has 1 aromatic heterocycles. The van der Waals surface area contributed by atoms with E-state index in [9.17, 15) is 9.59 Å². The number of hydrogen-bond acceptors (Lipinski definition) is 3. The van der Waals surface area contributed by atoms with Crippen molar-refractivity contribution in [1.29, 1.82) is 0 Å². The molecule has 2 aliphatic rings. The SMILES string of the molecule is O=C(O)c1ccc(-c2cccc(C(=O)N3CCC4CCCCC4C3)c2)nc1. The maximum Gasteiger partial charge on any atom is 0.337 e. The van der Waals surface area contributed by atoms with Gasteiger partial charge in [-0.25, -0.2) is 4.79 Å². The van der Waals surface area contributed by atoms with Gasteiger partial charge in [0.1, 0.15) is 0 Å². The highest BCUT2D eigenvalue weighted by molar-refractivity contribution is 5.95. The summed E-state index contributed by atoms with van der Waals surface area (Å²) in [6, 6.07) is 10.7. The number of pyridine rings is 1. The summed E-state index contributed by atoms with van der Waals surface area (Å²) >= 11 is 0. The van der Waals surface area contributed by atoms with Crippen LogP contribution in [0, 0.1) is 11.8 Å². The van der Waals surface area contributed by atoms with Crippen molar-refractivity contribution in [2.75, 3.05) is 13.1 Å². The normalized spacial score (nSPS) is 22.1. The number of rotatable bonds is 3. The summed E-state index contributed by atoms with van der Waals surface area (Å²) in [5.74, 6) is 0.545. The van der Waals surface area contributed by atoms with Crippen molar-refractivity contribution in [3.63, 3.8) is 0 Å². The number of piperidine rings is 1. The van der Waals surface area contributed by atoms with Gasteiger partial charge in [0.25, 0.3) is 5.91 Å². The highest BCUT2D eigenvalue weighted by atomic mass is 16.4. The molecule has 1 amide bonds. The molecule has 5 heteroatoms. The smallest absolute Gasteiger partial charge is 0.337 e. The van der Waals surface area contributed by atoms with Crippen molar-refractivity contribution in [3.8, 4) is 11.3 Å². The molecule has 2 unspecified atom stereocenters. The van der Waals surface area contributed by atoms with Gasteiger partial charge < -0.3 is 10.0 Å². The Kier molecular flexibility index (Phi) is 4.92. The van der Waals surface area contributed by atoms with E-state index in [1.165, 1.54) is 37.9 Å². The number of nitrogens with zero attached hydrogens (tertiary/aromatic N) is 2. The molecule has 1 saturated heterocycles. The summed E-state index contributed by atoms with van der Waals surface area (Å²) in [5, 5.41) is 9.00. The largest absolute Gasteiger partial charge is 0.478 e. The standard InChI is InChI=1S/C22H24N2O3/c25-21(24-11-10-15-4-1-2-5-19(15)14-24)17-7-3-6-16(12-17)20-9-8-18(13-23-20)22(26)27/h3,6-9,12-13,15,19H,1-2,4-5,10-11,14H2,(H,26,27). The van der Waals surface area contributed by atoms with Crippen molar-refractivity contribution in [1.82, 2.24) is 9.88 Å².